The third-order valence-corrected chi connectivity index (χ3v) is 6.18. The SMILES string of the molecule is O=C(NCC1CCCO1)c1cccc(Nc2c(Oc3cccc(Cl)c3)cnn(-c3ccc(F)cc3)c2=O)c1. The summed E-state index contributed by atoms with van der Waals surface area (Å²) in [6, 6.07) is 18.9. The van der Waals surface area contributed by atoms with Crippen LogP contribution < -0.4 is 20.9 Å². The van der Waals surface area contributed by atoms with Gasteiger partial charge in [0, 0.05) is 29.4 Å². The number of amides is 1. The van der Waals surface area contributed by atoms with Crippen molar-refractivity contribution >= 4 is 28.9 Å². The molecule has 10 heteroatoms. The van der Waals surface area contributed by atoms with E-state index < -0.39 is 11.4 Å². The van der Waals surface area contributed by atoms with Crippen molar-refractivity contribution in [3.63, 3.8) is 0 Å². The molecule has 38 heavy (non-hydrogen) atoms. The van der Waals surface area contributed by atoms with Crippen LogP contribution in [0.15, 0.2) is 83.8 Å². The van der Waals surface area contributed by atoms with Gasteiger partial charge in [-0.2, -0.15) is 9.78 Å². The zero-order chi connectivity index (χ0) is 26.5. The molecular formula is C28H24ClFN4O4. The van der Waals surface area contributed by atoms with Gasteiger partial charge in [-0.3, -0.25) is 9.59 Å². The summed E-state index contributed by atoms with van der Waals surface area (Å²) in [5.41, 5.74) is 0.805. The summed E-state index contributed by atoms with van der Waals surface area (Å²) in [7, 11) is 0. The van der Waals surface area contributed by atoms with Gasteiger partial charge < -0.3 is 20.1 Å². The molecule has 0 bridgehead atoms. The highest BCUT2D eigenvalue weighted by atomic mass is 35.5. The van der Waals surface area contributed by atoms with Crippen molar-refractivity contribution in [3.05, 3.63) is 106 Å². The summed E-state index contributed by atoms with van der Waals surface area (Å²) >= 11 is 6.09. The Labute approximate surface area is 223 Å². The molecule has 1 fully saturated rings. The van der Waals surface area contributed by atoms with Crippen LogP contribution in [0.3, 0.4) is 0 Å². The average Bonchev–Trinajstić information content (AvgIpc) is 3.44. The lowest BCUT2D eigenvalue weighted by Gasteiger charge is -2.15. The molecule has 1 aliphatic rings. The summed E-state index contributed by atoms with van der Waals surface area (Å²) in [5.74, 6) is -0.138. The van der Waals surface area contributed by atoms with Crippen molar-refractivity contribution < 1.29 is 18.7 Å². The van der Waals surface area contributed by atoms with Gasteiger partial charge in [0.05, 0.1) is 18.0 Å². The molecule has 8 nitrogen and oxygen atoms in total. The second kappa shape index (κ2) is 11.5. The third kappa shape index (κ3) is 6.01. The van der Waals surface area contributed by atoms with Crippen molar-refractivity contribution in [2.75, 3.05) is 18.5 Å². The van der Waals surface area contributed by atoms with E-state index in [4.69, 9.17) is 21.1 Å². The second-order valence-corrected chi connectivity index (χ2v) is 9.12. The number of ether oxygens (including phenoxy) is 2. The number of anilines is 2. The van der Waals surface area contributed by atoms with E-state index in [2.05, 4.69) is 15.7 Å². The van der Waals surface area contributed by atoms with Gasteiger partial charge in [-0.25, -0.2) is 4.39 Å². The monoisotopic (exact) mass is 534 g/mol. The van der Waals surface area contributed by atoms with E-state index in [-0.39, 0.29) is 23.4 Å². The number of carbonyl (C=O) groups excluding carboxylic acids is 1. The maximum Gasteiger partial charge on any atom is 0.299 e. The molecule has 0 radical (unpaired) electrons. The predicted molar refractivity (Wildman–Crippen MR) is 142 cm³/mol. The van der Waals surface area contributed by atoms with Crippen LogP contribution in [0.2, 0.25) is 5.02 Å². The van der Waals surface area contributed by atoms with Gasteiger partial charge in [0.2, 0.25) is 0 Å². The van der Waals surface area contributed by atoms with E-state index in [1.807, 2.05) is 0 Å². The standard InChI is InChI=1S/C28H24ClFN4O4/c29-19-5-2-7-23(15-19)38-25-17-32-34(22-11-9-20(30)10-12-22)28(36)26(25)33-21-6-1-4-18(14-21)27(35)31-16-24-8-3-13-37-24/h1-2,4-7,9-12,14-15,17,24,33H,3,8,13,16H2,(H,31,35). The molecule has 0 saturated carbocycles. The van der Waals surface area contributed by atoms with E-state index in [9.17, 15) is 14.0 Å². The molecule has 1 aromatic heterocycles. The summed E-state index contributed by atoms with van der Waals surface area (Å²) < 4.78 is 26.1. The van der Waals surface area contributed by atoms with E-state index >= 15 is 0 Å². The Morgan fingerprint density at radius 2 is 1.95 bits per heavy atom. The van der Waals surface area contributed by atoms with Crippen molar-refractivity contribution in [1.82, 2.24) is 15.1 Å². The molecule has 1 amide bonds. The van der Waals surface area contributed by atoms with Crippen LogP contribution in [0.4, 0.5) is 15.8 Å². The largest absolute Gasteiger partial charge is 0.453 e. The minimum atomic E-state index is -0.538. The highest BCUT2D eigenvalue weighted by molar-refractivity contribution is 6.30. The number of aromatic nitrogens is 2. The first kappa shape index (κ1) is 25.4. The maximum absolute atomic E-state index is 13.5. The van der Waals surface area contributed by atoms with Crippen LogP contribution in [0, 0.1) is 5.82 Å². The van der Waals surface area contributed by atoms with Gasteiger partial charge in [-0.05, 0) is 73.5 Å². The van der Waals surface area contributed by atoms with Crippen LogP contribution in [-0.2, 0) is 4.74 Å². The number of carbonyl (C=O) groups is 1. The van der Waals surface area contributed by atoms with E-state index in [0.717, 1.165) is 17.5 Å². The third-order valence-electron chi connectivity index (χ3n) is 5.95. The molecule has 4 aromatic rings. The highest BCUT2D eigenvalue weighted by Gasteiger charge is 2.18. The van der Waals surface area contributed by atoms with Crippen molar-refractivity contribution in [3.8, 4) is 17.2 Å². The highest BCUT2D eigenvalue weighted by Crippen LogP contribution is 2.30. The number of nitrogens with one attached hydrogen (secondary N) is 2. The van der Waals surface area contributed by atoms with Crippen LogP contribution in [0.25, 0.3) is 5.69 Å². The lowest BCUT2D eigenvalue weighted by molar-refractivity contribution is 0.0858. The van der Waals surface area contributed by atoms with Crippen LogP contribution in [-0.4, -0.2) is 34.9 Å². The van der Waals surface area contributed by atoms with E-state index in [1.54, 1.807) is 48.5 Å². The number of nitrogens with zero attached hydrogens (tertiary/aromatic N) is 2. The molecule has 0 spiro atoms. The van der Waals surface area contributed by atoms with Gasteiger partial charge in [-0.15, -0.1) is 0 Å². The fourth-order valence-corrected chi connectivity index (χ4v) is 4.23. The average molecular weight is 535 g/mol. The summed E-state index contributed by atoms with van der Waals surface area (Å²) in [5, 5.41) is 10.7. The Bertz CT molecular complexity index is 1500. The molecule has 1 unspecified atom stereocenters. The second-order valence-electron chi connectivity index (χ2n) is 8.69. The van der Waals surface area contributed by atoms with E-state index in [0.29, 0.717) is 40.9 Å². The van der Waals surface area contributed by atoms with Gasteiger partial charge >= 0.3 is 0 Å². The first-order valence-electron chi connectivity index (χ1n) is 12.0. The quantitative estimate of drug-likeness (QED) is 0.311. The first-order chi connectivity index (χ1) is 18.5. The molecular weight excluding hydrogens is 511 g/mol. The zero-order valence-electron chi connectivity index (χ0n) is 20.2. The molecule has 194 valence electrons. The topological polar surface area (TPSA) is 94.5 Å². The normalized spacial score (nSPS) is 14.7. The van der Waals surface area contributed by atoms with Gasteiger partial charge in [0.1, 0.15) is 11.6 Å². The van der Waals surface area contributed by atoms with Crippen molar-refractivity contribution in [2.45, 2.75) is 18.9 Å². The molecule has 1 saturated heterocycles. The Morgan fingerprint density at radius 3 is 2.71 bits per heavy atom. The number of benzene rings is 3. The summed E-state index contributed by atoms with van der Waals surface area (Å²) in [6.07, 6.45) is 3.31. The van der Waals surface area contributed by atoms with E-state index in [1.165, 1.54) is 30.5 Å². The molecule has 0 aliphatic carbocycles. The fourth-order valence-electron chi connectivity index (χ4n) is 4.05. The Hall–Kier alpha value is -4.21. The number of hydrogen-bond donors (Lipinski definition) is 2. The van der Waals surface area contributed by atoms with Crippen molar-refractivity contribution in [1.29, 1.82) is 0 Å². The predicted octanol–water partition coefficient (Wildman–Crippen LogP) is 5.47. The summed E-state index contributed by atoms with van der Waals surface area (Å²) in [4.78, 5) is 26.3. The Kier molecular flexibility index (Phi) is 7.67. The van der Waals surface area contributed by atoms with Crippen LogP contribution in [0.5, 0.6) is 11.5 Å². The smallest absolute Gasteiger partial charge is 0.299 e. The molecule has 2 heterocycles. The van der Waals surface area contributed by atoms with Gasteiger partial charge in [0.15, 0.2) is 11.4 Å². The Balaban J connectivity index is 1.46. The lowest BCUT2D eigenvalue weighted by atomic mass is 10.1. The van der Waals surface area contributed by atoms with Gasteiger partial charge in [0.25, 0.3) is 11.5 Å². The molecule has 2 N–H and O–H groups in total. The molecule has 3 aromatic carbocycles. The number of hydrogen-bond acceptors (Lipinski definition) is 6. The minimum Gasteiger partial charge on any atom is -0.453 e. The van der Waals surface area contributed by atoms with Crippen LogP contribution >= 0.6 is 11.6 Å². The lowest BCUT2D eigenvalue weighted by Crippen LogP contribution is -2.31. The maximum atomic E-state index is 13.5. The molecule has 5 rings (SSSR count). The number of halogens is 2. The fraction of sp³-hybridized carbons (Fsp3) is 0.179. The first-order valence-corrected chi connectivity index (χ1v) is 12.4. The summed E-state index contributed by atoms with van der Waals surface area (Å²) in [6.45, 7) is 1.14. The van der Waals surface area contributed by atoms with Gasteiger partial charge in [-0.1, -0.05) is 23.7 Å². The van der Waals surface area contributed by atoms with Crippen molar-refractivity contribution in [2.24, 2.45) is 0 Å². The Morgan fingerprint density at radius 1 is 1.13 bits per heavy atom. The zero-order valence-corrected chi connectivity index (χ0v) is 21.0. The number of rotatable bonds is 8. The van der Waals surface area contributed by atoms with Crippen LogP contribution in [0.1, 0.15) is 23.2 Å². The minimum absolute atomic E-state index is 0.0215. The molecule has 1 atom stereocenters. The molecule has 1 aliphatic heterocycles.